The Balaban J connectivity index is 2.11. The van der Waals surface area contributed by atoms with E-state index >= 15 is 33.7 Å². The van der Waals surface area contributed by atoms with Crippen LogP contribution in [0.3, 0.4) is 0 Å². The van der Waals surface area contributed by atoms with Crippen molar-refractivity contribution in [3.8, 4) is 0 Å². The molecule has 12 nitrogen and oxygen atoms in total. The molecular weight excluding hydrogens is 745 g/mol. The first-order valence-corrected chi connectivity index (χ1v) is 22.6. The number of hydrogen-bond acceptors (Lipinski definition) is 11. The molecule has 1 unspecified atom stereocenters. The summed E-state index contributed by atoms with van der Waals surface area (Å²) >= 11 is 0. The lowest BCUT2D eigenvalue weighted by Gasteiger charge is -2.46. The monoisotopic (exact) mass is 788 g/mol. The Labute approximate surface area is 307 Å². The predicted octanol–water partition coefficient (Wildman–Crippen LogP) is 3.09. The van der Waals surface area contributed by atoms with Crippen LogP contribution >= 0.6 is 0 Å². The van der Waals surface area contributed by atoms with Crippen LogP contribution in [0.1, 0.15) is 22.3 Å². The fourth-order valence-corrected chi connectivity index (χ4v) is 18.3. The number of benzene rings is 4. The van der Waals surface area contributed by atoms with Gasteiger partial charge in [-0.1, -0.05) is 72.8 Å². The van der Waals surface area contributed by atoms with E-state index in [1.54, 1.807) is 24.3 Å². The maximum Gasteiger partial charge on any atom is 0.277 e. The van der Waals surface area contributed by atoms with E-state index in [0.29, 0.717) is 17.4 Å². The van der Waals surface area contributed by atoms with Crippen molar-refractivity contribution in [1.82, 2.24) is 20.3 Å². The standard InChI is InChI=1S/C36H44N4O8S4/c1-27-13-5-9-17-31(27)49(41,42)35-36(50(43,44)32-18-10-6-14-28(32)2,51(45,46)33-19-11-7-15-29(33)3)40(26-25-38-22-21-37-23-24-39-35)52(47,48)34-20-12-8-16-30(34)4/h5-20,35,37-39H,21-26H2,1-4H3. The van der Waals surface area contributed by atoms with Gasteiger partial charge in [0.25, 0.3) is 4.20 Å². The molecule has 0 saturated carbocycles. The molecule has 4 aromatic rings. The Kier molecular flexibility index (Phi) is 11.8. The first kappa shape index (κ1) is 39.7. The summed E-state index contributed by atoms with van der Waals surface area (Å²) in [5.41, 5.74) is 0.590. The normalized spacial score (nSPS) is 18.6. The minimum absolute atomic E-state index is 0.0908. The largest absolute Gasteiger partial charge is 0.314 e. The molecule has 1 aliphatic rings. The molecule has 280 valence electrons. The molecule has 52 heavy (non-hydrogen) atoms. The van der Waals surface area contributed by atoms with Crippen LogP contribution in [-0.2, 0) is 39.5 Å². The molecule has 4 aromatic carbocycles. The van der Waals surface area contributed by atoms with Gasteiger partial charge in [0.2, 0.25) is 29.7 Å². The fraction of sp³-hybridized carbons (Fsp3) is 0.333. The third-order valence-corrected chi connectivity index (χ3v) is 19.8. The van der Waals surface area contributed by atoms with E-state index in [-0.39, 0.29) is 51.7 Å². The van der Waals surface area contributed by atoms with Gasteiger partial charge in [-0.05, 0) is 74.2 Å². The average molecular weight is 789 g/mol. The number of nitrogens with one attached hydrogen (secondary N) is 3. The van der Waals surface area contributed by atoms with Crippen molar-refractivity contribution in [3.63, 3.8) is 0 Å². The summed E-state index contributed by atoms with van der Waals surface area (Å²) in [6, 6.07) is 22.7. The summed E-state index contributed by atoms with van der Waals surface area (Å²) in [5.74, 6) is 0. The Morgan fingerprint density at radius 2 is 0.865 bits per heavy atom. The number of hydrogen-bond donors (Lipinski definition) is 3. The van der Waals surface area contributed by atoms with Gasteiger partial charge >= 0.3 is 0 Å². The van der Waals surface area contributed by atoms with E-state index in [4.69, 9.17) is 0 Å². The van der Waals surface area contributed by atoms with E-state index < -0.39 is 65.4 Å². The Bertz CT molecular complexity index is 2220. The van der Waals surface area contributed by atoms with Crippen LogP contribution in [0.15, 0.2) is 117 Å². The second kappa shape index (κ2) is 15.5. The van der Waals surface area contributed by atoms with Gasteiger partial charge in [0, 0.05) is 39.3 Å². The van der Waals surface area contributed by atoms with Gasteiger partial charge in [-0.15, -0.1) is 0 Å². The topological polar surface area (TPSA) is 176 Å². The van der Waals surface area contributed by atoms with Gasteiger partial charge in [-0.3, -0.25) is 5.32 Å². The van der Waals surface area contributed by atoms with Crippen molar-refractivity contribution in [2.24, 2.45) is 0 Å². The van der Waals surface area contributed by atoms with E-state index in [2.05, 4.69) is 16.0 Å². The third-order valence-electron chi connectivity index (χ3n) is 9.19. The van der Waals surface area contributed by atoms with Gasteiger partial charge in [-0.2, -0.15) is 4.31 Å². The third kappa shape index (κ3) is 6.86. The van der Waals surface area contributed by atoms with Crippen molar-refractivity contribution < 1.29 is 33.7 Å². The van der Waals surface area contributed by atoms with Crippen LogP contribution in [0, 0.1) is 27.7 Å². The van der Waals surface area contributed by atoms with E-state index in [9.17, 15) is 0 Å². The van der Waals surface area contributed by atoms with Crippen LogP contribution in [0.4, 0.5) is 0 Å². The highest BCUT2D eigenvalue weighted by Crippen LogP contribution is 2.48. The van der Waals surface area contributed by atoms with Crippen molar-refractivity contribution in [3.05, 3.63) is 119 Å². The molecule has 5 rings (SSSR count). The lowest BCUT2D eigenvalue weighted by atomic mass is 10.2. The Hall–Kier alpha value is -3.48. The van der Waals surface area contributed by atoms with Gasteiger partial charge in [-0.25, -0.2) is 33.7 Å². The first-order chi connectivity index (χ1) is 24.5. The molecule has 0 bridgehead atoms. The molecule has 1 heterocycles. The van der Waals surface area contributed by atoms with Crippen LogP contribution in [0.2, 0.25) is 0 Å². The fourth-order valence-electron chi connectivity index (χ4n) is 6.60. The quantitative estimate of drug-likeness (QED) is 0.239. The smallest absolute Gasteiger partial charge is 0.277 e. The zero-order chi connectivity index (χ0) is 38.0. The summed E-state index contributed by atoms with van der Waals surface area (Å²) in [6.45, 7) is 5.51. The molecule has 16 heteroatoms. The molecule has 1 aliphatic heterocycles. The highest BCUT2D eigenvalue weighted by atomic mass is 32.3. The molecule has 0 aliphatic carbocycles. The van der Waals surface area contributed by atoms with Crippen molar-refractivity contribution in [1.29, 1.82) is 0 Å². The molecular formula is C36H44N4O8S4. The van der Waals surface area contributed by atoms with Gasteiger partial charge < -0.3 is 10.6 Å². The van der Waals surface area contributed by atoms with Crippen molar-refractivity contribution in [2.45, 2.75) is 56.9 Å². The Morgan fingerprint density at radius 3 is 1.31 bits per heavy atom. The predicted molar refractivity (Wildman–Crippen MR) is 200 cm³/mol. The number of nitrogens with zero attached hydrogens (tertiary/aromatic N) is 1. The first-order valence-electron chi connectivity index (χ1n) is 16.7. The summed E-state index contributed by atoms with van der Waals surface area (Å²) in [6.07, 6.45) is 0. The van der Waals surface area contributed by atoms with Gasteiger partial charge in [0.05, 0.1) is 19.6 Å². The summed E-state index contributed by atoms with van der Waals surface area (Å²) in [5, 5.41) is 6.43. The van der Waals surface area contributed by atoms with E-state index in [1.165, 1.54) is 100 Å². The number of sulfone groups is 3. The highest BCUT2D eigenvalue weighted by molar-refractivity contribution is 8.12. The zero-order valence-corrected chi connectivity index (χ0v) is 32.7. The van der Waals surface area contributed by atoms with Crippen molar-refractivity contribution >= 4 is 39.5 Å². The molecule has 1 atom stereocenters. The minimum Gasteiger partial charge on any atom is -0.314 e. The highest BCUT2D eigenvalue weighted by Gasteiger charge is 2.72. The minimum atomic E-state index is -5.60. The molecule has 1 fully saturated rings. The Morgan fingerprint density at radius 1 is 0.500 bits per heavy atom. The van der Waals surface area contributed by atoms with Crippen LogP contribution in [-0.4, -0.2) is 86.8 Å². The molecule has 0 amide bonds. The van der Waals surface area contributed by atoms with Gasteiger partial charge in [0.1, 0.15) is 0 Å². The van der Waals surface area contributed by atoms with Crippen LogP contribution < -0.4 is 16.0 Å². The lowest BCUT2D eigenvalue weighted by molar-refractivity contribution is 0.300. The molecule has 0 aromatic heterocycles. The second-order valence-corrected chi connectivity index (χ2v) is 20.9. The van der Waals surface area contributed by atoms with E-state index in [1.807, 2.05) is 0 Å². The molecule has 1 saturated heterocycles. The lowest BCUT2D eigenvalue weighted by Crippen LogP contribution is -2.73. The maximum atomic E-state index is 16.0. The zero-order valence-electron chi connectivity index (χ0n) is 29.4. The molecule has 0 spiro atoms. The van der Waals surface area contributed by atoms with Gasteiger partial charge in [0.15, 0.2) is 15.2 Å². The summed E-state index contributed by atoms with van der Waals surface area (Å²) < 4.78 is 122. The number of rotatable bonds is 8. The van der Waals surface area contributed by atoms with Crippen LogP contribution in [0.25, 0.3) is 0 Å². The maximum absolute atomic E-state index is 16.0. The number of aryl methyl sites for hydroxylation is 4. The molecule has 3 N–H and O–H groups in total. The van der Waals surface area contributed by atoms with Crippen molar-refractivity contribution in [2.75, 3.05) is 39.3 Å². The summed E-state index contributed by atoms with van der Waals surface area (Å²) in [4.78, 5) is -1.81. The number of sulfonamides is 1. The SMILES string of the molecule is Cc1ccccc1S(=O)(=O)C1NCCNCCNCCN(S(=O)(=O)c2ccccc2C)C1(S(=O)(=O)c1ccccc1C)S(=O)(=O)c1ccccc1C. The summed E-state index contributed by atoms with van der Waals surface area (Å²) in [7, 11) is -21.5. The second-order valence-electron chi connectivity index (χ2n) is 12.7. The average Bonchev–Trinajstić information content (AvgIpc) is 3.08. The van der Waals surface area contributed by atoms with E-state index in [0.717, 1.165) is 0 Å². The molecule has 0 radical (unpaired) electrons. The van der Waals surface area contributed by atoms with Crippen LogP contribution in [0.5, 0.6) is 0 Å².